The predicted molar refractivity (Wildman–Crippen MR) is 59.1 cm³/mol. The van der Waals surface area contributed by atoms with Gasteiger partial charge < -0.3 is 4.84 Å². The zero-order valence-corrected chi connectivity index (χ0v) is 8.70. The SMILES string of the molecule is O=[N+]([O-])c1ccc(CO/N=C\C2CC2)cc1. The summed E-state index contributed by atoms with van der Waals surface area (Å²) in [5.41, 5.74) is 0.962. The second-order valence-corrected chi connectivity index (χ2v) is 3.79. The van der Waals surface area contributed by atoms with Gasteiger partial charge in [-0.05, 0) is 36.5 Å². The van der Waals surface area contributed by atoms with Crippen molar-refractivity contribution in [2.45, 2.75) is 19.4 Å². The molecule has 1 aliphatic rings. The van der Waals surface area contributed by atoms with Crippen LogP contribution >= 0.6 is 0 Å². The maximum atomic E-state index is 10.4. The van der Waals surface area contributed by atoms with Crippen LogP contribution in [-0.2, 0) is 11.4 Å². The van der Waals surface area contributed by atoms with E-state index in [4.69, 9.17) is 4.84 Å². The Kier molecular flexibility index (Phi) is 3.14. The minimum absolute atomic E-state index is 0.0882. The highest BCUT2D eigenvalue weighted by atomic mass is 16.6. The van der Waals surface area contributed by atoms with Gasteiger partial charge in [-0.2, -0.15) is 0 Å². The highest BCUT2D eigenvalue weighted by Gasteiger charge is 2.18. The minimum Gasteiger partial charge on any atom is -0.391 e. The number of rotatable bonds is 5. The molecule has 5 heteroatoms. The molecule has 1 aromatic rings. The van der Waals surface area contributed by atoms with Gasteiger partial charge in [0, 0.05) is 18.3 Å². The topological polar surface area (TPSA) is 64.7 Å². The average molecular weight is 220 g/mol. The smallest absolute Gasteiger partial charge is 0.269 e. The van der Waals surface area contributed by atoms with E-state index in [9.17, 15) is 10.1 Å². The Bertz CT molecular complexity index is 396. The van der Waals surface area contributed by atoms with Crippen LogP contribution in [0.5, 0.6) is 0 Å². The van der Waals surface area contributed by atoms with Crippen molar-refractivity contribution >= 4 is 11.9 Å². The van der Waals surface area contributed by atoms with Crippen molar-refractivity contribution < 1.29 is 9.76 Å². The van der Waals surface area contributed by atoms with Crippen molar-refractivity contribution in [3.05, 3.63) is 39.9 Å². The van der Waals surface area contributed by atoms with E-state index < -0.39 is 4.92 Å². The van der Waals surface area contributed by atoms with Gasteiger partial charge in [0.1, 0.15) is 6.61 Å². The first-order valence-corrected chi connectivity index (χ1v) is 5.14. The second-order valence-electron chi connectivity index (χ2n) is 3.79. The van der Waals surface area contributed by atoms with E-state index in [0.29, 0.717) is 12.5 Å². The standard InChI is InChI=1S/C11H12N2O3/c14-13(15)11-5-3-10(4-6-11)8-16-12-7-9-1-2-9/h3-7,9H,1-2,8H2/b12-7-. The van der Waals surface area contributed by atoms with Crippen LogP contribution in [0.3, 0.4) is 0 Å². The molecule has 0 aliphatic heterocycles. The van der Waals surface area contributed by atoms with Gasteiger partial charge in [0.05, 0.1) is 4.92 Å². The fourth-order valence-electron chi connectivity index (χ4n) is 1.20. The van der Waals surface area contributed by atoms with Gasteiger partial charge in [-0.1, -0.05) is 5.16 Å². The molecule has 0 atom stereocenters. The number of hydrogen-bond donors (Lipinski definition) is 0. The maximum absolute atomic E-state index is 10.4. The summed E-state index contributed by atoms with van der Waals surface area (Å²) < 4.78 is 0. The lowest BCUT2D eigenvalue weighted by molar-refractivity contribution is -0.384. The molecule has 1 aromatic carbocycles. The van der Waals surface area contributed by atoms with Crippen LogP contribution < -0.4 is 0 Å². The largest absolute Gasteiger partial charge is 0.391 e. The van der Waals surface area contributed by atoms with Gasteiger partial charge >= 0.3 is 0 Å². The third-order valence-corrected chi connectivity index (χ3v) is 2.35. The zero-order valence-electron chi connectivity index (χ0n) is 8.70. The van der Waals surface area contributed by atoms with Gasteiger partial charge in [-0.15, -0.1) is 0 Å². The van der Waals surface area contributed by atoms with Crippen molar-refractivity contribution in [3.8, 4) is 0 Å². The van der Waals surface area contributed by atoms with Gasteiger partial charge in [0.15, 0.2) is 0 Å². The Labute approximate surface area is 92.9 Å². The Hall–Kier alpha value is -1.91. The van der Waals surface area contributed by atoms with E-state index in [1.165, 1.54) is 25.0 Å². The molecule has 0 N–H and O–H groups in total. The van der Waals surface area contributed by atoms with Crippen LogP contribution in [-0.4, -0.2) is 11.1 Å². The van der Waals surface area contributed by atoms with Crippen LogP contribution in [0.15, 0.2) is 29.4 Å². The summed E-state index contributed by atoms with van der Waals surface area (Å²) in [5, 5.41) is 14.2. The molecule has 0 aromatic heterocycles. The van der Waals surface area contributed by atoms with Gasteiger partial charge in [0.25, 0.3) is 5.69 Å². The molecular weight excluding hydrogens is 208 g/mol. The van der Waals surface area contributed by atoms with Gasteiger partial charge in [0.2, 0.25) is 0 Å². The molecule has 16 heavy (non-hydrogen) atoms. The molecule has 0 heterocycles. The Morgan fingerprint density at radius 2 is 2.12 bits per heavy atom. The molecule has 0 saturated heterocycles. The number of nitro benzene ring substituents is 1. The summed E-state index contributed by atoms with van der Waals surface area (Å²) in [6, 6.07) is 6.27. The molecule has 0 bridgehead atoms. The van der Waals surface area contributed by atoms with Crippen LogP contribution in [0.1, 0.15) is 18.4 Å². The van der Waals surface area contributed by atoms with Gasteiger partial charge in [-0.3, -0.25) is 10.1 Å². The number of nitrogens with zero attached hydrogens (tertiary/aromatic N) is 2. The summed E-state index contributed by atoms with van der Waals surface area (Å²) >= 11 is 0. The van der Waals surface area contributed by atoms with E-state index in [0.717, 1.165) is 5.56 Å². The molecule has 0 spiro atoms. The van der Waals surface area contributed by atoms with E-state index in [1.54, 1.807) is 12.1 Å². The molecule has 1 saturated carbocycles. The third kappa shape index (κ3) is 3.05. The second kappa shape index (κ2) is 4.74. The van der Waals surface area contributed by atoms with Gasteiger partial charge in [-0.25, -0.2) is 0 Å². The van der Waals surface area contributed by atoms with Crippen molar-refractivity contribution in [2.75, 3.05) is 0 Å². The van der Waals surface area contributed by atoms with Crippen molar-refractivity contribution in [3.63, 3.8) is 0 Å². The lowest BCUT2D eigenvalue weighted by atomic mass is 10.2. The maximum Gasteiger partial charge on any atom is 0.269 e. The number of benzene rings is 1. The number of oxime groups is 1. The van der Waals surface area contributed by atoms with Crippen molar-refractivity contribution in [1.82, 2.24) is 0 Å². The Morgan fingerprint density at radius 3 is 2.69 bits per heavy atom. The van der Waals surface area contributed by atoms with E-state index >= 15 is 0 Å². The monoisotopic (exact) mass is 220 g/mol. The molecule has 2 rings (SSSR count). The highest BCUT2D eigenvalue weighted by Crippen LogP contribution is 2.26. The quantitative estimate of drug-likeness (QED) is 0.435. The summed E-state index contributed by atoms with van der Waals surface area (Å²) in [6.45, 7) is 0.348. The fraction of sp³-hybridized carbons (Fsp3) is 0.364. The predicted octanol–water partition coefficient (Wildman–Crippen LogP) is 2.51. The van der Waals surface area contributed by atoms with Crippen LogP contribution in [0.4, 0.5) is 5.69 Å². The summed E-state index contributed by atoms with van der Waals surface area (Å²) in [6.07, 6.45) is 4.21. The van der Waals surface area contributed by atoms with Crippen molar-refractivity contribution in [1.29, 1.82) is 0 Å². The number of hydrogen-bond acceptors (Lipinski definition) is 4. The summed E-state index contributed by atoms with van der Waals surface area (Å²) in [4.78, 5) is 15.1. The minimum atomic E-state index is -0.421. The highest BCUT2D eigenvalue weighted by molar-refractivity contribution is 5.62. The molecule has 5 nitrogen and oxygen atoms in total. The van der Waals surface area contributed by atoms with E-state index in [2.05, 4.69) is 5.16 Å². The van der Waals surface area contributed by atoms with Crippen LogP contribution in [0.2, 0.25) is 0 Å². The summed E-state index contributed by atoms with van der Waals surface area (Å²) in [5.74, 6) is 0.594. The third-order valence-electron chi connectivity index (χ3n) is 2.35. The molecule has 0 radical (unpaired) electrons. The van der Waals surface area contributed by atoms with Crippen LogP contribution in [0, 0.1) is 16.0 Å². The molecule has 0 unspecified atom stereocenters. The normalized spacial score (nSPS) is 15.2. The van der Waals surface area contributed by atoms with E-state index in [-0.39, 0.29) is 5.69 Å². The fourth-order valence-corrected chi connectivity index (χ4v) is 1.20. The summed E-state index contributed by atoms with van der Waals surface area (Å²) in [7, 11) is 0. The lowest BCUT2D eigenvalue weighted by Gasteiger charge is -1.98. The first-order chi connectivity index (χ1) is 7.75. The average Bonchev–Trinajstić information content (AvgIpc) is 3.09. The molecule has 1 fully saturated rings. The number of non-ortho nitro benzene ring substituents is 1. The first kappa shape index (κ1) is 10.6. The Morgan fingerprint density at radius 1 is 1.44 bits per heavy atom. The molecule has 0 amide bonds. The molecule has 84 valence electrons. The molecule has 1 aliphatic carbocycles. The Balaban J connectivity index is 1.82. The molecular formula is C11H12N2O3. The van der Waals surface area contributed by atoms with Crippen molar-refractivity contribution in [2.24, 2.45) is 11.1 Å². The number of nitro groups is 1. The zero-order chi connectivity index (χ0) is 11.4. The first-order valence-electron chi connectivity index (χ1n) is 5.14. The lowest BCUT2D eigenvalue weighted by Crippen LogP contribution is -1.90. The van der Waals surface area contributed by atoms with Crippen LogP contribution in [0.25, 0.3) is 0 Å². The van der Waals surface area contributed by atoms with E-state index in [1.807, 2.05) is 6.21 Å².